The zero-order chi connectivity index (χ0) is 21.2. The minimum atomic E-state index is -0.234. The molecule has 2 aromatic rings. The number of hydrogen-bond donors (Lipinski definition) is 1. The summed E-state index contributed by atoms with van der Waals surface area (Å²) in [5.41, 5.74) is 7.56. The van der Waals surface area contributed by atoms with Gasteiger partial charge < -0.3 is 9.84 Å². The number of Topliss-reactive ketones (excluding diaryl/α,β-unsaturated/α-hetero) is 1. The molecule has 2 heterocycles. The van der Waals surface area contributed by atoms with E-state index in [4.69, 9.17) is 4.74 Å². The van der Waals surface area contributed by atoms with E-state index in [-0.39, 0.29) is 41.5 Å². The van der Waals surface area contributed by atoms with E-state index in [9.17, 15) is 9.90 Å². The van der Waals surface area contributed by atoms with Crippen LogP contribution in [0, 0.1) is 25.7 Å². The standard InChI is InChI=1S/C27H30O3/c1-5-16-11-15(4)12-17(6-2)21(16)23-25(28)22-20-13-19(18-9-7-14(3)8-10-18)27(30-20)24(22)26(23)29/h7-12,19-20,22,24,27,29H,5-6,13H2,1-4H3/t19?,20?,22-,24+,27?/m0/s1. The van der Waals surface area contributed by atoms with Crippen LogP contribution in [0.2, 0.25) is 0 Å². The van der Waals surface area contributed by atoms with Crippen LogP contribution >= 0.6 is 0 Å². The van der Waals surface area contributed by atoms with Crippen LogP contribution in [0.25, 0.3) is 5.57 Å². The van der Waals surface area contributed by atoms with E-state index in [2.05, 4.69) is 64.1 Å². The minimum absolute atomic E-state index is 0.0839. The molecule has 2 aliphatic heterocycles. The molecule has 0 amide bonds. The van der Waals surface area contributed by atoms with Crippen LogP contribution in [-0.4, -0.2) is 23.1 Å². The Bertz CT molecular complexity index is 1020. The fraction of sp³-hybridized carbons (Fsp3) is 0.444. The summed E-state index contributed by atoms with van der Waals surface area (Å²) in [6.45, 7) is 8.43. The number of rotatable bonds is 4. The van der Waals surface area contributed by atoms with E-state index in [1.807, 2.05) is 0 Å². The van der Waals surface area contributed by atoms with Crippen LogP contribution in [0.1, 0.15) is 59.6 Å². The summed E-state index contributed by atoms with van der Waals surface area (Å²) in [7, 11) is 0. The van der Waals surface area contributed by atoms with Gasteiger partial charge in [-0.3, -0.25) is 4.79 Å². The molecule has 5 rings (SSSR count). The van der Waals surface area contributed by atoms with Crippen LogP contribution in [-0.2, 0) is 22.4 Å². The monoisotopic (exact) mass is 402 g/mol. The van der Waals surface area contributed by atoms with Gasteiger partial charge in [-0.1, -0.05) is 61.4 Å². The van der Waals surface area contributed by atoms with Crippen molar-refractivity contribution >= 4 is 11.4 Å². The molecule has 2 aromatic carbocycles. The van der Waals surface area contributed by atoms with Gasteiger partial charge in [0.2, 0.25) is 0 Å². The zero-order valence-electron chi connectivity index (χ0n) is 18.2. The van der Waals surface area contributed by atoms with Gasteiger partial charge in [0.05, 0.1) is 29.6 Å². The molecule has 0 aromatic heterocycles. The van der Waals surface area contributed by atoms with Crippen molar-refractivity contribution in [1.82, 2.24) is 0 Å². The fourth-order valence-electron chi connectivity index (χ4n) is 6.07. The van der Waals surface area contributed by atoms with E-state index in [1.54, 1.807) is 0 Å². The Morgan fingerprint density at radius 1 is 0.967 bits per heavy atom. The van der Waals surface area contributed by atoms with Gasteiger partial charge in [-0.15, -0.1) is 0 Å². The number of allylic oxidation sites excluding steroid dienone is 1. The van der Waals surface area contributed by atoms with Crippen molar-refractivity contribution in [2.45, 2.75) is 65.1 Å². The molecule has 3 aliphatic rings. The van der Waals surface area contributed by atoms with Crippen molar-refractivity contribution < 1.29 is 14.6 Å². The third kappa shape index (κ3) is 2.71. The van der Waals surface area contributed by atoms with Gasteiger partial charge in [-0.2, -0.15) is 0 Å². The number of carbonyl (C=O) groups is 1. The molecule has 1 aliphatic carbocycles. The first-order chi connectivity index (χ1) is 14.4. The molecule has 3 unspecified atom stereocenters. The Kier molecular flexibility index (Phi) is 4.62. The first-order valence-corrected chi connectivity index (χ1v) is 11.3. The van der Waals surface area contributed by atoms with Gasteiger partial charge in [0.15, 0.2) is 5.78 Å². The molecule has 2 saturated heterocycles. The molecule has 0 radical (unpaired) electrons. The smallest absolute Gasteiger partial charge is 0.173 e. The summed E-state index contributed by atoms with van der Waals surface area (Å²) in [4.78, 5) is 13.6. The van der Waals surface area contributed by atoms with Crippen LogP contribution in [0.15, 0.2) is 42.2 Å². The predicted molar refractivity (Wildman–Crippen MR) is 119 cm³/mol. The SMILES string of the molecule is CCc1cc(C)cc(CC)c1C1=C(O)[C@@H]2C3OC(CC3c3ccc(C)cc3)[C@@H]2C1=O. The van der Waals surface area contributed by atoms with Crippen molar-refractivity contribution in [3.8, 4) is 0 Å². The van der Waals surface area contributed by atoms with Crippen molar-refractivity contribution in [2.75, 3.05) is 0 Å². The molecule has 0 spiro atoms. The molecule has 1 N–H and O–H groups in total. The van der Waals surface area contributed by atoms with E-state index >= 15 is 0 Å². The number of ketones is 1. The van der Waals surface area contributed by atoms with Crippen LogP contribution in [0.3, 0.4) is 0 Å². The van der Waals surface area contributed by atoms with Crippen molar-refractivity contribution in [3.63, 3.8) is 0 Å². The maximum atomic E-state index is 13.6. The fourth-order valence-corrected chi connectivity index (χ4v) is 6.07. The number of fused-ring (bicyclic) bond motifs is 5. The molecule has 3 heteroatoms. The van der Waals surface area contributed by atoms with Gasteiger partial charge in [0.25, 0.3) is 0 Å². The normalized spacial score (nSPS) is 29.7. The Morgan fingerprint density at radius 2 is 1.60 bits per heavy atom. The second-order valence-electron chi connectivity index (χ2n) is 9.23. The highest BCUT2D eigenvalue weighted by molar-refractivity contribution is 6.26. The van der Waals surface area contributed by atoms with Gasteiger partial charge in [0.1, 0.15) is 5.76 Å². The summed E-state index contributed by atoms with van der Waals surface area (Å²) >= 11 is 0. The zero-order valence-corrected chi connectivity index (χ0v) is 18.2. The quantitative estimate of drug-likeness (QED) is 0.738. The number of benzene rings is 2. The van der Waals surface area contributed by atoms with Gasteiger partial charge in [-0.05, 0) is 55.4 Å². The lowest BCUT2D eigenvalue weighted by Crippen LogP contribution is -2.33. The summed E-state index contributed by atoms with van der Waals surface area (Å²) in [5.74, 6) is 0.138. The summed E-state index contributed by atoms with van der Waals surface area (Å²) < 4.78 is 6.28. The Hall–Kier alpha value is -2.39. The number of ether oxygens (including phenoxy) is 1. The lowest BCUT2D eigenvalue weighted by Gasteiger charge is -2.27. The summed E-state index contributed by atoms with van der Waals surface area (Å²) in [6, 6.07) is 12.9. The summed E-state index contributed by atoms with van der Waals surface area (Å²) in [5, 5.41) is 11.4. The number of hydrogen-bond acceptors (Lipinski definition) is 3. The third-order valence-electron chi connectivity index (χ3n) is 7.44. The molecule has 0 saturated carbocycles. The first kappa shape index (κ1) is 19.6. The van der Waals surface area contributed by atoms with E-state index in [0.717, 1.165) is 36.0 Å². The highest BCUT2D eigenvalue weighted by atomic mass is 16.5. The molecule has 2 bridgehead atoms. The van der Waals surface area contributed by atoms with Gasteiger partial charge in [0, 0.05) is 5.92 Å². The van der Waals surface area contributed by atoms with Crippen molar-refractivity contribution in [2.24, 2.45) is 11.8 Å². The largest absolute Gasteiger partial charge is 0.511 e. The van der Waals surface area contributed by atoms with Crippen molar-refractivity contribution in [1.29, 1.82) is 0 Å². The van der Waals surface area contributed by atoms with Gasteiger partial charge in [-0.25, -0.2) is 0 Å². The molecule has 3 nitrogen and oxygen atoms in total. The van der Waals surface area contributed by atoms with Crippen molar-refractivity contribution in [3.05, 3.63) is 75.5 Å². The Morgan fingerprint density at radius 3 is 2.20 bits per heavy atom. The Balaban J connectivity index is 1.59. The highest BCUT2D eigenvalue weighted by Crippen LogP contribution is 2.58. The van der Waals surface area contributed by atoms with Crippen LogP contribution in [0.4, 0.5) is 0 Å². The van der Waals surface area contributed by atoms with Crippen LogP contribution < -0.4 is 0 Å². The second-order valence-corrected chi connectivity index (χ2v) is 9.23. The predicted octanol–water partition coefficient (Wildman–Crippen LogP) is 5.47. The average molecular weight is 403 g/mol. The second kappa shape index (κ2) is 7.09. The molecule has 2 fully saturated rings. The minimum Gasteiger partial charge on any atom is -0.511 e. The lowest BCUT2D eigenvalue weighted by molar-refractivity contribution is -0.118. The molecule has 156 valence electrons. The third-order valence-corrected chi connectivity index (χ3v) is 7.44. The topological polar surface area (TPSA) is 46.5 Å². The number of aliphatic hydroxyl groups excluding tert-OH is 1. The molecule has 30 heavy (non-hydrogen) atoms. The maximum absolute atomic E-state index is 13.6. The molecule has 5 atom stereocenters. The number of carbonyl (C=O) groups excluding carboxylic acids is 1. The van der Waals surface area contributed by atoms with E-state index in [0.29, 0.717) is 5.57 Å². The van der Waals surface area contributed by atoms with Gasteiger partial charge >= 0.3 is 0 Å². The molecular weight excluding hydrogens is 372 g/mol. The number of aryl methyl sites for hydroxylation is 4. The maximum Gasteiger partial charge on any atom is 0.173 e. The Labute approximate surface area is 178 Å². The highest BCUT2D eigenvalue weighted by Gasteiger charge is 2.62. The van der Waals surface area contributed by atoms with E-state index < -0.39 is 0 Å². The first-order valence-electron chi connectivity index (χ1n) is 11.3. The van der Waals surface area contributed by atoms with E-state index in [1.165, 1.54) is 16.7 Å². The molecular formula is C27H30O3. The summed E-state index contributed by atoms with van der Waals surface area (Å²) in [6.07, 6.45) is 2.33. The average Bonchev–Trinajstić information content (AvgIpc) is 3.40. The number of aliphatic hydroxyl groups is 1. The van der Waals surface area contributed by atoms with Crippen LogP contribution in [0.5, 0.6) is 0 Å². The lowest BCUT2D eigenvalue weighted by atomic mass is 9.72.